The lowest BCUT2D eigenvalue weighted by molar-refractivity contribution is 0.0285. The van der Waals surface area contributed by atoms with Gasteiger partial charge in [-0.05, 0) is 56.7 Å². The predicted octanol–water partition coefficient (Wildman–Crippen LogP) is 4.00. The number of hydrogen-bond donors (Lipinski definition) is 1. The summed E-state index contributed by atoms with van der Waals surface area (Å²) >= 11 is 0. The molecule has 0 saturated carbocycles. The number of halogens is 1. The van der Waals surface area contributed by atoms with Crippen molar-refractivity contribution in [3.05, 3.63) is 66.4 Å². The average molecular weight is 462 g/mol. The van der Waals surface area contributed by atoms with Crippen molar-refractivity contribution in [2.45, 2.75) is 37.8 Å². The standard InChI is InChI=1S/C22H24FN3O5S/c1-22(2,3)31-21(28)25(4)13-15-10-20(18-8-7-16(27)11-19(18)23)26(14-15)32(29,30)17-6-5-9-24-12-17/h5-12,14,27H,13H2,1-4H3. The first kappa shape index (κ1) is 23.3. The number of hydrogen-bond acceptors (Lipinski definition) is 6. The van der Waals surface area contributed by atoms with Crippen molar-refractivity contribution in [2.24, 2.45) is 0 Å². The van der Waals surface area contributed by atoms with Gasteiger partial charge in [-0.25, -0.2) is 21.6 Å². The van der Waals surface area contributed by atoms with E-state index in [1.165, 1.54) is 60.9 Å². The smallest absolute Gasteiger partial charge is 0.410 e. The minimum Gasteiger partial charge on any atom is -0.508 e. The van der Waals surface area contributed by atoms with Crippen molar-refractivity contribution < 1.29 is 27.4 Å². The van der Waals surface area contributed by atoms with E-state index in [9.17, 15) is 22.7 Å². The molecule has 0 aliphatic heterocycles. The molecular weight excluding hydrogens is 437 g/mol. The molecule has 2 aromatic heterocycles. The van der Waals surface area contributed by atoms with Gasteiger partial charge in [-0.3, -0.25) is 4.98 Å². The summed E-state index contributed by atoms with van der Waals surface area (Å²) in [5.74, 6) is -1.08. The zero-order valence-corrected chi connectivity index (χ0v) is 18.9. The van der Waals surface area contributed by atoms with Crippen LogP contribution in [0.2, 0.25) is 0 Å². The molecule has 2 heterocycles. The number of nitrogens with zero attached hydrogens (tertiary/aromatic N) is 3. The molecule has 0 unspecified atom stereocenters. The fourth-order valence-corrected chi connectivity index (χ4v) is 4.34. The van der Waals surface area contributed by atoms with Gasteiger partial charge in [-0.1, -0.05) is 0 Å². The van der Waals surface area contributed by atoms with Crippen LogP contribution in [0.1, 0.15) is 26.3 Å². The molecule has 0 aliphatic rings. The third-order valence-electron chi connectivity index (χ3n) is 4.39. The number of pyridine rings is 1. The molecule has 3 rings (SSSR count). The van der Waals surface area contributed by atoms with Gasteiger partial charge in [0.1, 0.15) is 22.1 Å². The lowest BCUT2D eigenvalue weighted by Crippen LogP contribution is -2.33. The molecule has 0 radical (unpaired) electrons. The normalized spacial score (nSPS) is 11.9. The maximum absolute atomic E-state index is 14.6. The molecule has 8 nitrogen and oxygen atoms in total. The average Bonchev–Trinajstić information content (AvgIpc) is 3.11. The zero-order chi connectivity index (χ0) is 23.7. The number of aromatic nitrogens is 2. The van der Waals surface area contributed by atoms with E-state index in [1.54, 1.807) is 20.8 Å². The van der Waals surface area contributed by atoms with Gasteiger partial charge in [0, 0.05) is 37.3 Å². The van der Waals surface area contributed by atoms with Gasteiger partial charge in [-0.2, -0.15) is 0 Å². The molecule has 0 saturated heterocycles. The molecule has 0 fully saturated rings. The molecule has 0 aliphatic carbocycles. The van der Waals surface area contributed by atoms with Crippen LogP contribution >= 0.6 is 0 Å². The Morgan fingerprint density at radius 1 is 1.25 bits per heavy atom. The van der Waals surface area contributed by atoms with Crippen LogP contribution in [0.15, 0.2) is 59.9 Å². The van der Waals surface area contributed by atoms with E-state index in [0.717, 1.165) is 10.0 Å². The predicted molar refractivity (Wildman–Crippen MR) is 116 cm³/mol. The number of carbonyl (C=O) groups is 1. The van der Waals surface area contributed by atoms with Crippen molar-refractivity contribution >= 4 is 16.1 Å². The molecule has 1 amide bonds. The van der Waals surface area contributed by atoms with Gasteiger partial charge in [-0.15, -0.1) is 0 Å². The first-order valence-electron chi connectivity index (χ1n) is 9.68. The van der Waals surface area contributed by atoms with E-state index in [-0.39, 0.29) is 28.4 Å². The van der Waals surface area contributed by atoms with Crippen molar-refractivity contribution in [1.82, 2.24) is 13.9 Å². The summed E-state index contributed by atoms with van der Waals surface area (Å²) in [5, 5.41) is 9.54. The van der Waals surface area contributed by atoms with Crippen LogP contribution in [-0.2, 0) is 21.3 Å². The third-order valence-corrected chi connectivity index (χ3v) is 6.04. The summed E-state index contributed by atoms with van der Waals surface area (Å²) < 4.78 is 47.4. The topological polar surface area (TPSA) is 102 Å². The molecule has 3 aromatic rings. The van der Waals surface area contributed by atoms with Gasteiger partial charge < -0.3 is 14.7 Å². The number of rotatable bonds is 5. The Morgan fingerprint density at radius 2 is 1.97 bits per heavy atom. The number of ether oxygens (including phenoxy) is 1. The number of aromatic hydroxyl groups is 1. The second kappa shape index (κ2) is 8.62. The molecule has 0 atom stereocenters. The van der Waals surface area contributed by atoms with E-state index in [2.05, 4.69) is 4.98 Å². The highest BCUT2D eigenvalue weighted by atomic mass is 32.2. The Kier molecular flexibility index (Phi) is 6.27. The van der Waals surface area contributed by atoms with Crippen molar-refractivity contribution in [3.8, 4) is 17.0 Å². The Balaban J connectivity index is 2.08. The number of phenolic OH excluding ortho intramolecular Hbond substituents is 1. The summed E-state index contributed by atoms with van der Waals surface area (Å²) in [7, 11) is -2.60. The lowest BCUT2D eigenvalue weighted by atomic mass is 10.1. The van der Waals surface area contributed by atoms with Crippen LogP contribution in [0.5, 0.6) is 5.75 Å². The molecule has 1 N–H and O–H groups in total. The Bertz CT molecular complexity index is 1230. The minimum absolute atomic E-state index is 0.0250. The largest absolute Gasteiger partial charge is 0.508 e. The van der Waals surface area contributed by atoms with E-state index >= 15 is 0 Å². The fraction of sp³-hybridized carbons (Fsp3) is 0.273. The van der Waals surface area contributed by atoms with E-state index in [1.807, 2.05) is 0 Å². The molecule has 10 heteroatoms. The van der Waals surface area contributed by atoms with Crippen molar-refractivity contribution in [1.29, 1.82) is 0 Å². The molecule has 0 bridgehead atoms. The van der Waals surface area contributed by atoms with Crippen LogP contribution < -0.4 is 0 Å². The SMILES string of the molecule is CN(Cc1cc(-c2ccc(O)cc2F)n(S(=O)(=O)c2cccnc2)c1)C(=O)OC(C)(C)C. The Hall–Kier alpha value is -3.40. The fourth-order valence-electron chi connectivity index (χ4n) is 2.98. The van der Waals surface area contributed by atoms with Crippen LogP contribution in [-0.4, -0.2) is 46.1 Å². The summed E-state index contributed by atoms with van der Waals surface area (Å²) in [6, 6.07) is 7.79. The number of amides is 1. The van der Waals surface area contributed by atoms with E-state index < -0.39 is 27.5 Å². The van der Waals surface area contributed by atoms with Gasteiger partial charge in [0.05, 0.1) is 12.2 Å². The molecule has 170 valence electrons. The van der Waals surface area contributed by atoms with Gasteiger partial charge in [0.2, 0.25) is 0 Å². The number of carbonyl (C=O) groups excluding carboxylic acids is 1. The van der Waals surface area contributed by atoms with Gasteiger partial charge >= 0.3 is 6.09 Å². The van der Waals surface area contributed by atoms with Crippen LogP contribution in [0.4, 0.5) is 9.18 Å². The second-order valence-corrected chi connectivity index (χ2v) is 10.0. The molecule has 0 spiro atoms. The highest BCUT2D eigenvalue weighted by molar-refractivity contribution is 7.90. The number of phenols is 1. The van der Waals surface area contributed by atoms with Crippen molar-refractivity contribution in [3.63, 3.8) is 0 Å². The number of benzene rings is 1. The highest BCUT2D eigenvalue weighted by Crippen LogP contribution is 2.31. The summed E-state index contributed by atoms with van der Waals surface area (Å²) in [4.78, 5) is 17.4. The molecule has 32 heavy (non-hydrogen) atoms. The van der Waals surface area contributed by atoms with Gasteiger partial charge in [0.15, 0.2) is 0 Å². The minimum atomic E-state index is -4.12. The maximum Gasteiger partial charge on any atom is 0.410 e. The van der Waals surface area contributed by atoms with Crippen LogP contribution in [0, 0.1) is 5.82 Å². The second-order valence-electron chi connectivity index (χ2n) is 8.22. The first-order chi connectivity index (χ1) is 14.9. The van der Waals surface area contributed by atoms with E-state index in [4.69, 9.17) is 4.74 Å². The Morgan fingerprint density at radius 3 is 2.56 bits per heavy atom. The van der Waals surface area contributed by atoms with Crippen molar-refractivity contribution in [2.75, 3.05) is 7.05 Å². The maximum atomic E-state index is 14.6. The molecular formula is C22H24FN3O5S. The lowest BCUT2D eigenvalue weighted by Gasteiger charge is -2.24. The first-order valence-corrected chi connectivity index (χ1v) is 11.1. The third kappa shape index (κ3) is 5.08. The Labute approximate surface area is 185 Å². The monoisotopic (exact) mass is 461 g/mol. The van der Waals surface area contributed by atoms with Crippen LogP contribution in [0.25, 0.3) is 11.3 Å². The highest BCUT2D eigenvalue weighted by Gasteiger charge is 2.25. The van der Waals surface area contributed by atoms with Gasteiger partial charge in [0.25, 0.3) is 10.0 Å². The molecule has 1 aromatic carbocycles. The zero-order valence-electron chi connectivity index (χ0n) is 18.1. The van der Waals surface area contributed by atoms with E-state index in [0.29, 0.717) is 5.56 Å². The summed E-state index contributed by atoms with van der Waals surface area (Å²) in [6.07, 6.45) is 3.37. The van der Waals surface area contributed by atoms with Crippen LogP contribution in [0.3, 0.4) is 0 Å². The summed E-state index contributed by atoms with van der Waals surface area (Å²) in [5.41, 5.74) is -0.241. The quantitative estimate of drug-likeness (QED) is 0.616. The summed E-state index contributed by atoms with van der Waals surface area (Å²) in [6.45, 7) is 5.24.